The second-order valence-electron chi connectivity index (χ2n) is 6.89. The second kappa shape index (κ2) is 6.39. The van der Waals surface area contributed by atoms with Crippen molar-refractivity contribution >= 4 is 11.0 Å². The average molecular weight is 398 g/mol. The van der Waals surface area contributed by atoms with Crippen molar-refractivity contribution in [3.8, 4) is 0 Å². The standard InChI is InChI=1S/C18H15F5N4O/c1-8-24-16-14(17(28)25-8)13(7-19)26-27(16)15(9-2-3-9)10-4-5-11(12(20)6-10)18(21,22)23/h4-6,9,15H,2-3,7H2,1H3,(H,24,25,28)/t15-/m1/s1. The van der Waals surface area contributed by atoms with Gasteiger partial charge in [0.05, 0.1) is 11.6 Å². The fraction of sp³-hybridized carbons (Fsp3) is 0.389. The lowest BCUT2D eigenvalue weighted by atomic mass is 10.0. The smallest absolute Gasteiger partial charge is 0.310 e. The van der Waals surface area contributed by atoms with Gasteiger partial charge in [-0.3, -0.25) is 4.79 Å². The number of hydrogen-bond acceptors (Lipinski definition) is 3. The van der Waals surface area contributed by atoms with E-state index < -0.39 is 35.8 Å². The molecule has 1 aliphatic rings. The van der Waals surface area contributed by atoms with Crippen LogP contribution >= 0.6 is 0 Å². The van der Waals surface area contributed by atoms with Gasteiger partial charge in [-0.25, -0.2) is 18.4 Å². The van der Waals surface area contributed by atoms with E-state index in [0.29, 0.717) is 6.07 Å². The molecule has 0 saturated heterocycles. The molecule has 0 spiro atoms. The minimum absolute atomic E-state index is 0.00821. The first-order valence-electron chi connectivity index (χ1n) is 8.61. The third-order valence-electron chi connectivity index (χ3n) is 4.85. The molecule has 1 N–H and O–H groups in total. The molecular formula is C18H15F5N4O. The maximum Gasteiger partial charge on any atom is 0.419 e. The third-order valence-corrected chi connectivity index (χ3v) is 4.85. The number of nitrogens with one attached hydrogen (secondary N) is 1. The van der Waals surface area contributed by atoms with Gasteiger partial charge in [0.25, 0.3) is 5.56 Å². The van der Waals surface area contributed by atoms with Crippen molar-refractivity contribution in [1.29, 1.82) is 0 Å². The Kier molecular flexibility index (Phi) is 4.24. The van der Waals surface area contributed by atoms with Crippen LogP contribution in [0.4, 0.5) is 22.0 Å². The number of aromatic amines is 1. The molecule has 3 aromatic rings. The van der Waals surface area contributed by atoms with Crippen molar-refractivity contribution in [2.75, 3.05) is 0 Å². The summed E-state index contributed by atoms with van der Waals surface area (Å²) in [4.78, 5) is 19.0. The molecule has 0 amide bonds. The van der Waals surface area contributed by atoms with E-state index in [0.717, 1.165) is 18.9 Å². The van der Waals surface area contributed by atoms with Crippen LogP contribution in [0, 0.1) is 18.7 Å². The zero-order chi connectivity index (χ0) is 20.2. The molecule has 0 radical (unpaired) electrons. The van der Waals surface area contributed by atoms with E-state index in [9.17, 15) is 26.7 Å². The van der Waals surface area contributed by atoms with Gasteiger partial charge in [0.1, 0.15) is 29.4 Å². The molecule has 1 aromatic carbocycles. The summed E-state index contributed by atoms with van der Waals surface area (Å²) in [5.74, 6) is -1.12. The van der Waals surface area contributed by atoms with Gasteiger partial charge in [-0.2, -0.15) is 18.3 Å². The maximum atomic E-state index is 14.1. The van der Waals surface area contributed by atoms with Crippen LogP contribution in [-0.4, -0.2) is 19.7 Å². The van der Waals surface area contributed by atoms with Crippen LogP contribution in [0.25, 0.3) is 11.0 Å². The topological polar surface area (TPSA) is 63.6 Å². The molecule has 2 aromatic heterocycles. The van der Waals surface area contributed by atoms with Gasteiger partial charge >= 0.3 is 6.18 Å². The molecule has 148 valence electrons. The summed E-state index contributed by atoms with van der Waals surface area (Å²) in [6, 6.07) is 2.06. The Labute approximate surface area is 155 Å². The van der Waals surface area contributed by atoms with E-state index in [1.54, 1.807) is 6.92 Å². The average Bonchev–Trinajstić information content (AvgIpc) is 3.36. The normalized spacial score (nSPS) is 15.9. The van der Waals surface area contributed by atoms with E-state index in [1.165, 1.54) is 10.7 Å². The fourth-order valence-electron chi connectivity index (χ4n) is 3.48. The number of halogens is 5. The van der Waals surface area contributed by atoms with Gasteiger partial charge < -0.3 is 4.98 Å². The Morgan fingerprint density at radius 3 is 2.61 bits per heavy atom. The Morgan fingerprint density at radius 2 is 2.04 bits per heavy atom. The van der Waals surface area contributed by atoms with Gasteiger partial charge in [-0.1, -0.05) is 6.07 Å². The number of aromatic nitrogens is 4. The van der Waals surface area contributed by atoms with Crippen LogP contribution < -0.4 is 5.56 Å². The van der Waals surface area contributed by atoms with E-state index in [-0.39, 0.29) is 34.0 Å². The van der Waals surface area contributed by atoms with Crippen molar-refractivity contribution in [2.24, 2.45) is 5.92 Å². The summed E-state index contributed by atoms with van der Waals surface area (Å²) in [6.07, 6.45) is -3.30. The Morgan fingerprint density at radius 1 is 1.32 bits per heavy atom. The Hall–Kier alpha value is -2.78. The zero-order valence-electron chi connectivity index (χ0n) is 14.6. The Balaban J connectivity index is 1.91. The van der Waals surface area contributed by atoms with Crippen molar-refractivity contribution in [2.45, 2.75) is 38.7 Å². The lowest BCUT2D eigenvalue weighted by Gasteiger charge is -2.19. The summed E-state index contributed by atoms with van der Waals surface area (Å²) in [5, 5.41) is 4.15. The summed E-state index contributed by atoms with van der Waals surface area (Å²) in [7, 11) is 0. The van der Waals surface area contributed by atoms with E-state index >= 15 is 0 Å². The predicted octanol–water partition coefficient (Wildman–Crippen LogP) is 4.05. The van der Waals surface area contributed by atoms with Crippen LogP contribution in [0.1, 0.15) is 41.5 Å². The minimum Gasteiger partial charge on any atom is -0.310 e. The molecule has 1 atom stereocenters. The van der Waals surface area contributed by atoms with Gasteiger partial charge in [0.2, 0.25) is 0 Å². The molecule has 10 heteroatoms. The van der Waals surface area contributed by atoms with Crippen LogP contribution in [0.15, 0.2) is 23.0 Å². The van der Waals surface area contributed by atoms with Crippen LogP contribution in [0.3, 0.4) is 0 Å². The lowest BCUT2D eigenvalue weighted by molar-refractivity contribution is -0.140. The SMILES string of the molecule is Cc1nc2c(c(CF)nn2[C@@H](c2ccc(C(F)(F)F)c(F)c2)C2CC2)c(=O)[nH]1. The molecule has 1 fully saturated rings. The number of fused-ring (bicyclic) bond motifs is 1. The molecule has 1 aliphatic carbocycles. The molecule has 2 heterocycles. The van der Waals surface area contributed by atoms with E-state index in [4.69, 9.17) is 0 Å². The van der Waals surface area contributed by atoms with E-state index in [2.05, 4.69) is 15.1 Å². The molecule has 4 rings (SSSR count). The summed E-state index contributed by atoms with van der Waals surface area (Å²) in [5.41, 5.74) is -1.61. The highest BCUT2D eigenvalue weighted by Gasteiger charge is 2.39. The monoisotopic (exact) mass is 398 g/mol. The number of rotatable bonds is 4. The first-order chi connectivity index (χ1) is 13.2. The van der Waals surface area contributed by atoms with Crippen LogP contribution in [-0.2, 0) is 12.9 Å². The highest BCUT2D eigenvalue weighted by molar-refractivity contribution is 5.77. The highest BCUT2D eigenvalue weighted by atomic mass is 19.4. The van der Waals surface area contributed by atoms with Gasteiger partial charge in [-0.15, -0.1) is 0 Å². The fourth-order valence-corrected chi connectivity index (χ4v) is 3.48. The molecule has 0 unspecified atom stereocenters. The maximum absolute atomic E-state index is 14.1. The first-order valence-corrected chi connectivity index (χ1v) is 8.61. The van der Waals surface area contributed by atoms with E-state index in [1.807, 2.05) is 0 Å². The van der Waals surface area contributed by atoms with Gasteiger partial charge in [-0.05, 0) is 43.4 Å². The van der Waals surface area contributed by atoms with Gasteiger partial charge in [0.15, 0.2) is 5.65 Å². The molecule has 1 saturated carbocycles. The molecule has 28 heavy (non-hydrogen) atoms. The van der Waals surface area contributed by atoms with Gasteiger partial charge in [0, 0.05) is 0 Å². The second-order valence-corrected chi connectivity index (χ2v) is 6.89. The summed E-state index contributed by atoms with van der Waals surface area (Å²) < 4.78 is 67.5. The largest absolute Gasteiger partial charge is 0.419 e. The molecule has 0 aliphatic heterocycles. The quantitative estimate of drug-likeness (QED) is 0.675. The number of alkyl halides is 4. The highest BCUT2D eigenvalue weighted by Crippen LogP contribution is 2.45. The minimum atomic E-state index is -4.80. The lowest BCUT2D eigenvalue weighted by Crippen LogP contribution is -2.18. The molecule has 5 nitrogen and oxygen atoms in total. The van der Waals surface area contributed by atoms with Crippen LogP contribution in [0.2, 0.25) is 0 Å². The van der Waals surface area contributed by atoms with Crippen molar-refractivity contribution < 1.29 is 22.0 Å². The molecule has 0 bridgehead atoms. The number of hydrogen-bond donors (Lipinski definition) is 1. The zero-order valence-corrected chi connectivity index (χ0v) is 14.6. The number of H-pyrrole nitrogens is 1. The summed E-state index contributed by atoms with van der Waals surface area (Å²) in [6.45, 7) is 0.549. The van der Waals surface area contributed by atoms with Crippen molar-refractivity contribution in [3.63, 3.8) is 0 Å². The number of nitrogens with zero attached hydrogens (tertiary/aromatic N) is 3. The van der Waals surface area contributed by atoms with Crippen LogP contribution in [0.5, 0.6) is 0 Å². The number of benzene rings is 1. The van der Waals surface area contributed by atoms with Crippen molar-refractivity contribution in [1.82, 2.24) is 19.7 Å². The Bertz CT molecular complexity index is 1110. The number of aryl methyl sites for hydroxylation is 1. The summed E-state index contributed by atoms with van der Waals surface area (Å²) >= 11 is 0. The first kappa shape index (κ1) is 18.6. The predicted molar refractivity (Wildman–Crippen MR) is 90.0 cm³/mol. The molecular weight excluding hydrogens is 383 g/mol. The third kappa shape index (κ3) is 3.06. The van der Waals surface area contributed by atoms with Crippen molar-refractivity contribution in [3.05, 3.63) is 57.0 Å².